The molecule has 0 radical (unpaired) electrons. The molecule has 0 aromatic heterocycles. The Morgan fingerprint density at radius 1 is 1.12 bits per heavy atom. The molecule has 0 bridgehead atoms. The maximum atomic E-state index is 6.66. The van der Waals surface area contributed by atoms with Crippen LogP contribution in [0.4, 0.5) is 0 Å². The summed E-state index contributed by atoms with van der Waals surface area (Å²) in [6.07, 6.45) is 7.88. The van der Waals surface area contributed by atoms with Crippen molar-refractivity contribution < 1.29 is 14.2 Å². The molecule has 0 fully saturated rings. The van der Waals surface area contributed by atoms with E-state index in [9.17, 15) is 0 Å². The van der Waals surface area contributed by atoms with E-state index >= 15 is 0 Å². The first kappa shape index (κ1) is 22.9. The van der Waals surface area contributed by atoms with Crippen molar-refractivity contribution in [2.24, 2.45) is 0 Å². The van der Waals surface area contributed by atoms with Crippen LogP contribution in [0.15, 0.2) is 60.4 Å². The highest BCUT2D eigenvalue weighted by Crippen LogP contribution is 2.50. The van der Waals surface area contributed by atoms with E-state index in [1.807, 2.05) is 24.3 Å². The van der Waals surface area contributed by atoms with Gasteiger partial charge >= 0.3 is 0 Å². The Morgan fingerprint density at radius 3 is 2.59 bits per heavy atom. The summed E-state index contributed by atoms with van der Waals surface area (Å²) < 4.78 is 18.7. The molecule has 32 heavy (non-hydrogen) atoms. The molecule has 1 N–H and O–H groups in total. The third-order valence-electron chi connectivity index (χ3n) is 6.66. The number of hydrogen-bond acceptors (Lipinski definition) is 4. The number of halogens is 1. The molecule has 170 valence electrons. The number of allylic oxidation sites excluding steroid dienone is 2. The van der Waals surface area contributed by atoms with Crippen molar-refractivity contribution in [1.82, 2.24) is 5.32 Å². The van der Waals surface area contributed by atoms with Crippen LogP contribution >= 0.6 is 11.6 Å². The lowest BCUT2D eigenvalue weighted by molar-refractivity contribution is -0.0162. The minimum absolute atomic E-state index is 0.0813. The fourth-order valence-electron chi connectivity index (χ4n) is 4.83. The van der Waals surface area contributed by atoms with E-state index in [1.54, 1.807) is 14.2 Å². The zero-order chi connectivity index (χ0) is 22.7. The third-order valence-corrected chi connectivity index (χ3v) is 6.91. The van der Waals surface area contributed by atoms with Crippen molar-refractivity contribution in [2.45, 2.75) is 50.9 Å². The third kappa shape index (κ3) is 3.96. The Balaban J connectivity index is 2.03. The van der Waals surface area contributed by atoms with Crippen LogP contribution in [-0.2, 0) is 27.9 Å². The summed E-state index contributed by atoms with van der Waals surface area (Å²) in [6.45, 7) is 6.06. The Hall–Kier alpha value is -2.27. The smallest absolute Gasteiger partial charge is 0.123 e. The summed E-state index contributed by atoms with van der Waals surface area (Å²) in [5.74, 6) is 1.66. The molecule has 0 saturated carbocycles. The van der Waals surface area contributed by atoms with Crippen LogP contribution in [0.2, 0.25) is 5.02 Å². The van der Waals surface area contributed by atoms with E-state index in [0.29, 0.717) is 5.02 Å². The highest BCUT2D eigenvalue weighted by atomic mass is 35.5. The maximum absolute atomic E-state index is 6.66. The molecule has 2 aromatic rings. The average Bonchev–Trinajstić information content (AvgIpc) is 2.83. The summed E-state index contributed by atoms with van der Waals surface area (Å²) in [5.41, 5.74) is 3.98. The first-order chi connectivity index (χ1) is 15.5. The lowest BCUT2D eigenvalue weighted by Crippen LogP contribution is -2.46. The number of ether oxygens (including phenoxy) is 3. The quantitative estimate of drug-likeness (QED) is 0.595. The van der Waals surface area contributed by atoms with Crippen molar-refractivity contribution in [1.29, 1.82) is 0 Å². The largest absolute Gasteiger partial charge is 0.500 e. The Kier molecular flexibility index (Phi) is 6.94. The summed E-state index contributed by atoms with van der Waals surface area (Å²) >= 11 is 6.28. The summed E-state index contributed by atoms with van der Waals surface area (Å²) in [5, 5.41) is 4.19. The van der Waals surface area contributed by atoms with Gasteiger partial charge in [-0.1, -0.05) is 42.8 Å². The van der Waals surface area contributed by atoms with Crippen molar-refractivity contribution in [2.75, 3.05) is 20.8 Å². The number of fused-ring (bicyclic) bond motifs is 1. The number of hydrogen-bond donors (Lipinski definition) is 1. The van der Waals surface area contributed by atoms with Crippen molar-refractivity contribution in [3.63, 3.8) is 0 Å². The van der Waals surface area contributed by atoms with Crippen LogP contribution in [0, 0.1) is 0 Å². The molecule has 0 spiro atoms. The van der Waals surface area contributed by atoms with Crippen molar-refractivity contribution >= 4 is 11.6 Å². The molecule has 4 nitrogen and oxygen atoms in total. The second-order valence-electron chi connectivity index (χ2n) is 8.46. The number of benzene rings is 2. The molecule has 4 rings (SSSR count). The fraction of sp³-hybridized carbons (Fsp3) is 0.407. The van der Waals surface area contributed by atoms with Gasteiger partial charge in [-0.15, -0.1) is 0 Å². The molecular weight excluding hydrogens is 422 g/mol. The molecule has 3 atom stereocenters. The van der Waals surface area contributed by atoms with Gasteiger partial charge in [0.1, 0.15) is 16.9 Å². The van der Waals surface area contributed by atoms with Crippen LogP contribution in [0.3, 0.4) is 0 Å². The van der Waals surface area contributed by atoms with Gasteiger partial charge < -0.3 is 19.5 Å². The monoisotopic (exact) mass is 453 g/mol. The molecule has 2 aliphatic rings. The zero-order valence-electron chi connectivity index (χ0n) is 19.3. The summed E-state index contributed by atoms with van der Waals surface area (Å²) in [6, 6.07) is 12.5. The second-order valence-corrected chi connectivity index (χ2v) is 8.89. The minimum Gasteiger partial charge on any atom is -0.500 e. The van der Waals surface area contributed by atoms with Gasteiger partial charge in [0.25, 0.3) is 0 Å². The molecule has 1 aliphatic carbocycles. The number of rotatable bonds is 7. The van der Waals surface area contributed by atoms with E-state index in [1.165, 1.54) is 11.1 Å². The maximum Gasteiger partial charge on any atom is 0.123 e. The molecule has 0 amide bonds. The number of methoxy groups -OCH3 is 2. The van der Waals surface area contributed by atoms with Gasteiger partial charge in [-0.05, 0) is 73.3 Å². The van der Waals surface area contributed by atoms with Crippen LogP contribution in [-0.4, -0.2) is 33.0 Å². The van der Waals surface area contributed by atoms with Gasteiger partial charge in [-0.2, -0.15) is 0 Å². The van der Waals surface area contributed by atoms with E-state index in [4.69, 9.17) is 25.8 Å². The zero-order valence-corrected chi connectivity index (χ0v) is 20.0. The van der Waals surface area contributed by atoms with Crippen molar-refractivity contribution in [3.05, 3.63) is 87.7 Å². The Morgan fingerprint density at radius 2 is 1.91 bits per heavy atom. The summed E-state index contributed by atoms with van der Waals surface area (Å²) in [7, 11) is 3.46. The van der Waals surface area contributed by atoms with E-state index in [-0.39, 0.29) is 12.2 Å². The van der Waals surface area contributed by atoms with E-state index in [2.05, 4.69) is 49.5 Å². The van der Waals surface area contributed by atoms with Gasteiger partial charge in [-0.3, -0.25) is 0 Å². The standard InChI is InChI=1S/C27H32ClNO3/c1-5-18(2)32-26-8-6-7-25(31-4)27(26,21-9-11-22(28)12-10-21)23-15-20-17-29-14-13-19(20)16-24(23)30-3/h6-12,15-16,18,26,29H,5,13-14,17H2,1-4H3/t18-,26?,27?/m1/s1. The topological polar surface area (TPSA) is 39.7 Å². The Labute approximate surface area is 196 Å². The molecule has 1 aliphatic heterocycles. The number of nitrogens with one attached hydrogen (secondary N) is 1. The molecule has 1 heterocycles. The van der Waals surface area contributed by atoms with Gasteiger partial charge in [0.2, 0.25) is 0 Å². The highest BCUT2D eigenvalue weighted by Gasteiger charge is 2.50. The normalized spacial score (nSPS) is 23.3. The van der Waals surface area contributed by atoms with Gasteiger partial charge in [0.15, 0.2) is 0 Å². The SMILES string of the molecule is CC[C@@H](C)OC1C=CC=C(OC)C1(c1ccc(Cl)cc1)c1cc2c(cc1OC)CCNC2. The molecular formula is C27H32ClNO3. The highest BCUT2D eigenvalue weighted by molar-refractivity contribution is 6.30. The van der Waals surface area contributed by atoms with Crippen LogP contribution in [0.25, 0.3) is 0 Å². The van der Waals surface area contributed by atoms with Crippen LogP contribution in [0.5, 0.6) is 5.75 Å². The predicted octanol–water partition coefficient (Wildman–Crippen LogP) is 5.56. The second kappa shape index (κ2) is 9.70. The van der Waals surface area contributed by atoms with Gasteiger partial charge in [0, 0.05) is 17.1 Å². The molecule has 0 saturated heterocycles. The fourth-order valence-corrected chi connectivity index (χ4v) is 4.96. The van der Waals surface area contributed by atoms with Gasteiger partial charge in [-0.25, -0.2) is 0 Å². The Bertz CT molecular complexity index is 1010. The van der Waals surface area contributed by atoms with Crippen molar-refractivity contribution in [3.8, 4) is 5.75 Å². The first-order valence-corrected chi connectivity index (χ1v) is 11.7. The molecule has 5 heteroatoms. The molecule has 2 unspecified atom stereocenters. The summed E-state index contributed by atoms with van der Waals surface area (Å²) in [4.78, 5) is 0. The lowest BCUT2D eigenvalue weighted by Gasteiger charge is -2.44. The predicted molar refractivity (Wildman–Crippen MR) is 129 cm³/mol. The average molecular weight is 454 g/mol. The first-order valence-electron chi connectivity index (χ1n) is 11.3. The van der Waals surface area contributed by atoms with Crippen LogP contribution < -0.4 is 10.1 Å². The van der Waals surface area contributed by atoms with Crippen LogP contribution in [0.1, 0.15) is 42.5 Å². The minimum atomic E-state index is -0.713. The van der Waals surface area contributed by atoms with Gasteiger partial charge in [0.05, 0.1) is 26.4 Å². The van der Waals surface area contributed by atoms with E-state index in [0.717, 1.165) is 48.6 Å². The lowest BCUT2D eigenvalue weighted by atomic mass is 9.66. The molecule has 2 aromatic carbocycles. The van der Waals surface area contributed by atoms with E-state index < -0.39 is 5.41 Å².